The molecule has 0 aliphatic heterocycles. The highest BCUT2D eigenvalue weighted by atomic mass is 16.5. The summed E-state index contributed by atoms with van der Waals surface area (Å²) in [6.07, 6.45) is 3.79. The van der Waals surface area contributed by atoms with E-state index in [2.05, 4.69) is 6.92 Å². The van der Waals surface area contributed by atoms with Crippen molar-refractivity contribution in [2.24, 2.45) is 0 Å². The first-order valence-electron chi connectivity index (χ1n) is 14.2. The summed E-state index contributed by atoms with van der Waals surface area (Å²) < 4.78 is 12.7. The fraction of sp³-hybridized carbons (Fsp3) is 0.364. The number of ether oxygens (including phenoxy) is 2. The van der Waals surface area contributed by atoms with Gasteiger partial charge < -0.3 is 14.4 Å². The van der Waals surface area contributed by atoms with Crippen molar-refractivity contribution in [3.63, 3.8) is 0 Å². The van der Waals surface area contributed by atoms with Gasteiger partial charge in [-0.05, 0) is 80.3 Å². The summed E-state index contributed by atoms with van der Waals surface area (Å²) in [6, 6.07) is 22.1. The number of nitrogens with zero attached hydrogens (tertiary/aromatic N) is 3. The van der Waals surface area contributed by atoms with E-state index in [9.17, 15) is 9.59 Å². The summed E-state index contributed by atoms with van der Waals surface area (Å²) in [5.41, 5.74) is 2.91. The van der Waals surface area contributed by atoms with Gasteiger partial charge in [0.1, 0.15) is 11.6 Å². The molecular weight excluding hydrogens is 502 g/mol. The van der Waals surface area contributed by atoms with Crippen LogP contribution in [0, 0.1) is 0 Å². The number of hydrogen-bond donors (Lipinski definition) is 0. The molecule has 1 heterocycles. The van der Waals surface area contributed by atoms with Gasteiger partial charge in [-0.3, -0.25) is 14.2 Å². The van der Waals surface area contributed by atoms with Crippen LogP contribution in [0.3, 0.4) is 0 Å². The molecule has 0 fully saturated rings. The van der Waals surface area contributed by atoms with Gasteiger partial charge in [-0.2, -0.15) is 0 Å². The zero-order chi connectivity index (χ0) is 28.5. The number of hydrogen-bond acceptors (Lipinski definition) is 5. The third-order valence-corrected chi connectivity index (χ3v) is 7.09. The van der Waals surface area contributed by atoms with Gasteiger partial charge in [-0.1, -0.05) is 44.5 Å². The van der Waals surface area contributed by atoms with Crippen LogP contribution < -0.4 is 10.3 Å². The van der Waals surface area contributed by atoms with Gasteiger partial charge in [-0.25, -0.2) is 4.98 Å². The molecule has 0 aliphatic rings. The topological polar surface area (TPSA) is 73.7 Å². The van der Waals surface area contributed by atoms with Crippen molar-refractivity contribution in [3.8, 4) is 11.4 Å². The number of amides is 1. The molecule has 0 saturated heterocycles. The van der Waals surface area contributed by atoms with Crippen molar-refractivity contribution in [2.75, 3.05) is 26.9 Å². The molecule has 0 radical (unpaired) electrons. The monoisotopic (exact) mass is 541 g/mol. The maximum absolute atomic E-state index is 14.0. The highest BCUT2D eigenvalue weighted by Crippen LogP contribution is 2.28. The van der Waals surface area contributed by atoms with Crippen LogP contribution >= 0.6 is 0 Å². The maximum Gasteiger partial charge on any atom is 0.266 e. The minimum Gasteiger partial charge on any atom is -0.494 e. The average molecular weight is 542 g/mol. The molecule has 4 aromatic rings. The van der Waals surface area contributed by atoms with Crippen molar-refractivity contribution < 1.29 is 14.3 Å². The number of methoxy groups -OCH3 is 1. The van der Waals surface area contributed by atoms with Crippen LogP contribution in [0.15, 0.2) is 77.6 Å². The predicted octanol–water partition coefficient (Wildman–Crippen LogP) is 6.37. The molecule has 40 heavy (non-hydrogen) atoms. The van der Waals surface area contributed by atoms with Gasteiger partial charge in [0.05, 0.1) is 35.8 Å². The lowest BCUT2D eigenvalue weighted by Crippen LogP contribution is -2.40. The highest BCUT2D eigenvalue weighted by molar-refractivity contribution is 5.94. The van der Waals surface area contributed by atoms with Crippen molar-refractivity contribution >= 4 is 16.8 Å². The molecule has 1 aromatic heterocycles. The van der Waals surface area contributed by atoms with Crippen molar-refractivity contribution in [2.45, 2.75) is 52.5 Å². The highest BCUT2D eigenvalue weighted by Gasteiger charge is 2.29. The molecule has 0 saturated carbocycles. The van der Waals surface area contributed by atoms with Crippen LogP contribution in [0.4, 0.5) is 0 Å². The van der Waals surface area contributed by atoms with E-state index in [0.29, 0.717) is 54.2 Å². The van der Waals surface area contributed by atoms with E-state index in [4.69, 9.17) is 14.5 Å². The van der Waals surface area contributed by atoms with Crippen LogP contribution in [0.5, 0.6) is 5.75 Å². The first-order chi connectivity index (χ1) is 19.5. The molecule has 4 rings (SSSR count). The molecule has 1 atom stereocenters. The van der Waals surface area contributed by atoms with Crippen LogP contribution in [-0.2, 0) is 11.2 Å². The molecule has 210 valence electrons. The molecular formula is C33H39N3O4. The summed E-state index contributed by atoms with van der Waals surface area (Å²) >= 11 is 0. The SMILES string of the molecule is CCCCc1ccc(C(=O)N(CCOC)C(CC)c2nc3ccccc3c(=O)n2-c2ccc(OCC)cc2)cc1. The Hall–Kier alpha value is -3.97. The molecule has 1 unspecified atom stereocenters. The third-order valence-electron chi connectivity index (χ3n) is 7.09. The van der Waals surface area contributed by atoms with Crippen LogP contribution in [0.25, 0.3) is 16.6 Å². The van der Waals surface area contributed by atoms with Crippen LogP contribution in [-0.4, -0.2) is 47.2 Å². The Morgan fingerprint density at radius 3 is 2.35 bits per heavy atom. The first kappa shape index (κ1) is 29.0. The van der Waals surface area contributed by atoms with Crippen molar-refractivity contribution in [1.29, 1.82) is 0 Å². The van der Waals surface area contributed by atoms with Crippen molar-refractivity contribution in [1.82, 2.24) is 14.5 Å². The minimum atomic E-state index is -0.466. The second-order valence-corrected chi connectivity index (χ2v) is 9.77. The molecule has 0 N–H and O–H groups in total. The number of aromatic nitrogens is 2. The number of rotatable bonds is 13. The summed E-state index contributed by atoms with van der Waals surface area (Å²) in [7, 11) is 1.62. The zero-order valence-corrected chi connectivity index (χ0v) is 23.9. The largest absolute Gasteiger partial charge is 0.494 e. The number of fused-ring (bicyclic) bond motifs is 1. The zero-order valence-electron chi connectivity index (χ0n) is 23.9. The molecule has 0 bridgehead atoms. The van der Waals surface area contributed by atoms with Gasteiger partial charge >= 0.3 is 0 Å². The van der Waals surface area contributed by atoms with E-state index >= 15 is 0 Å². The smallest absolute Gasteiger partial charge is 0.266 e. The van der Waals surface area contributed by atoms with Gasteiger partial charge in [0, 0.05) is 19.2 Å². The normalized spacial score (nSPS) is 11.9. The van der Waals surface area contributed by atoms with E-state index in [1.807, 2.05) is 80.6 Å². The third kappa shape index (κ3) is 6.42. The van der Waals surface area contributed by atoms with Crippen LogP contribution in [0.2, 0.25) is 0 Å². The average Bonchev–Trinajstić information content (AvgIpc) is 2.99. The molecule has 0 aliphatic carbocycles. The van der Waals surface area contributed by atoms with Gasteiger partial charge in [-0.15, -0.1) is 0 Å². The summed E-state index contributed by atoms with van der Waals surface area (Å²) in [4.78, 5) is 34.7. The van der Waals surface area contributed by atoms with Gasteiger partial charge in [0.2, 0.25) is 0 Å². The summed E-state index contributed by atoms with van der Waals surface area (Å²) in [5.74, 6) is 1.12. The fourth-order valence-corrected chi connectivity index (χ4v) is 4.97. The second kappa shape index (κ2) is 13.9. The number of para-hydroxylation sites is 1. The summed E-state index contributed by atoms with van der Waals surface area (Å²) in [5, 5.41) is 0.521. The number of aryl methyl sites for hydroxylation is 1. The molecule has 3 aromatic carbocycles. The molecule has 7 heteroatoms. The molecule has 1 amide bonds. The van der Waals surface area contributed by atoms with Gasteiger partial charge in [0.25, 0.3) is 11.5 Å². The lowest BCUT2D eigenvalue weighted by atomic mass is 10.0. The van der Waals surface area contributed by atoms with E-state index in [-0.39, 0.29) is 11.5 Å². The Bertz CT molecular complexity index is 1460. The number of unbranched alkanes of at least 4 members (excludes halogenated alkanes) is 1. The molecule has 0 spiro atoms. The summed E-state index contributed by atoms with van der Waals surface area (Å²) in [6.45, 7) is 7.38. The van der Waals surface area contributed by atoms with E-state index in [1.165, 1.54) is 5.56 Å². The lowest BCUT2D eigenvalue weighted by Gasteiger charge is -2.32. The van der Waals surface area contributed by atoms with Crippen molar-refractivity contribution in [3.05, 3.63) is 100 Å². The fourth-order valence-electron chi connectivity index (χ4n) is 4.97. The number of benzene rings is 3. The van der Waals surface area contributed by atoms with E-state index in [0.717, 1.165) is 25.0 Å². The number of carbonyl (C=O) groups excluding carboxylic acids is 1. The Morgan fingerprint density at radius 1 is 0.975 bits per heavy atom. The standard InChI is InChI=1S/C33H39N3O4/c1-5-8-11-24-14-16-25(17-15-24)32(37)35(22-23-39-4)30(6-2)31-34-29-13-10-9-12-28(29)33(38)36(31)26-18-20-27(21-19-26)40-7-3/h9-10,12-21,30H,5-8,11,22-23H2,1-4H3. The minimum absolute atomic E-state index is 0.119. The second-order valence-electron chi connectivity index (χ2n) is 9.77. The van der Waals surface area contributed by atoms with Crippen LogP contribution in [0.1, 0.15) is 67.8 Å². The number of carbonyl (C=O) groups is 1. The first-order valence-corrected chi connectivity index (χ1v) is 14.2. The van der Waals surface area contributed by atoms with E-state index in [1.54, 1.807) is 22.6 Å². The quantitative estimate of drug-likeness (QED) is 0.197. The Labute approximate surface area is 236 Å². The maximum atomic E-state index is 14.0. The Kier molecular flexibility index (Phi) is 10.1. The Morgan fingerprint density at radius 2 is 1.70 bits per heavy atom. The molecule has 7 nitrogen and oxygen atoms in total. The Balaban J connectivity index is 1.83. The lowest BCUT2D eigenvalue weighted by molar-refractivity contribution is 0.0579. The predicted molar refractivity (Wildman–Crippen MR) is 160 cm³/mol. The van der Waals surface area contributed by atoms with E-state index < -0.39 is 6.04 Å². The van der Waals surface area contributed by atoms with Gasteiger partial charge in [0.15, 0.2) is 0 Å².